The van der Waals surface area contributed by atoms with Crippen LogP contribution >= 0.6 is 0 Å². The van der Waals surface area contributed by atoms with Crippen molar-refractivity contribution in [2.75, 3.05) is 18.4 Å². The number of nitrogens with zero attached hydrogens (tertiary/aromatic N) is 2. The first-order valence-electron chi connectivity index (χ1n) is 9.17. The van der Waals surface area contributed by atoms with Gasteiger partial charge >= 0.3 is 6.03 Å². The van der Waals surface area contributed by atoms with Crippen LogP contribution in [0.3, 0.4) is 0 Å². The minimum Gasteiger partial charge on any atom is -0.324 e. The lowest BCUT2D eigenvalue weighted by molar-refractivity contribution is 0.183. The van der Waals surface area contributed by atoms with Crippen molar-refractivity contribution in [1.82, 2.24) is 4.90 Å². The first-order chi connectivity index (χ1) is 12.5. The molecule has 0 radical (unpaired) electrons. The SMILES string of the molecule is CC(C)c1ccc(NC(=O)N2CCC(C#N)(c3ccccc3)CC2)cc1. The average Bonchev–Trinajstić information content (AvgIpc) is 2.69. The van der Waals surface area contributed by atoms with Gasteiger partial charge in [-0.15, -0.1) is 0 Å². The predicted molar refractivity (Wildman–Crippen MR) is 104 cm³/mol. The summed E-state index contributed by atoms with van der Waals surface area (Å²) in [6, 6.07) is 20.3. The van der Waals surface area contributed by atoms with E-state index in [0.717, 1.165) is 11.3 Å². The van der Waals surface area contributed by atoms with E-state index in [4.69, 9.17) is 0 Å². The second-order valence-corrected chi connectivity index (χ2v) is 7.25. The Morgan fingerprint density at radius 1 is 1.08 bits per heavy atom. The zero-order valence-corrected chi connectivity index (χ0v) is 15.4. The number of nitrogens with one attached hydrogen (secondary N) is 1. The molecule has 4 heteroatoms. The molecule has 2 amide bonds. The molecule has 2 aromatic rings. The molecular weight excluding hydrogens is 322 g/mol. The van der Waals surface area contributed by atoms with Crippen molar-refractivity contribution >= 4 is 11.7 Å². The van der Waals surface area contributed by atoms with Crippen molar-refractivity contribution in [1.29, 1.82) is 5.26 Å². The molecule has 1 aliphatic heterocycles. The Hall–Kier alpha value is -2.80. The first-order valence-corrected chi connectivity index (χ1v) is 9.17. The number of likely N-dealkylation sites (tertiary alicyclic amines) is 1. The maximum atomic E-state index is 12.6. The van der Waals surface area contributed by atoms with Gasteiger partial charge in [-0.1, -0.05) is 56.3 Å². The summed E-state index contributed by atoms with van der Waals surface area (Å²) in [4.78, 5) is 14.4. The van der Waals surface area contributed by atoms with E-state index in [0.29, 0.717) is 31.8 Å². The number of urea groups is 1. The van der Waals surface area contributed by atoms with Crippen molar-refractivity contribution in [3.05, 3.63) is 65.7 Å². The van der Waals surface area contributed by atoms with Gasteiger partial charge in [0, 0.05) is 18.8 Å². The van der Waals surface area contributed by atoms with E-state index in [2.05, 4.69) is 25.2 Å². The zero-order valence-electron chi connectivity index (χ0n) is 15.4. The Bertz CT molecular complexity index is 782. The van der Waals surface area contributed by atoms with Crippen LogP contribution in [0, 0.1) is 11.3 Å². The molecule has 0 saturated carbocycles. The number of rotatable bonds is 3. The molecule has 2 aromatic carbocycles. The topological polar surface area (TPSA) is 56.1 Å². The summed E-state index contributed by atoms with van der Waals surface area (Å²) >= 11 is 0. The zero-order chi connectivity index (χ0) is 18.6. The third kappa shape index (κ3) is 3.72. The maximum Gasteiger partial charge on any atom is 0.321 e. The van der Waals surface area contributed by atoms with Gasteiger partial charge < -0.3 is 10.2 Å². The van der Waals surface area contributed by atoms with Crippen LogP contribution in [0.4, 0.5) is 10.5 Å². The summed E-state index contributed by atoms with van der Waals surface area (Å²) in [5.74, 6) is 0.471. The van der Waals surface area contributed by atoms with Gasteiger partial charge in [-0.3, -0.25) is 0 Å². The molecule has 1 heterocycles. The minimum atomic E-state index is -0.489. The number of piperidine rings is 1. The highest BCUT2D eigenvalue weighted by molar-refractivity contribution is 5.89. The highest BCUT2D eigenvalue weighted by atomic mass is 16.2. The Morgan fingerprint density at radius 3 is 2.23 bits per heavy atom. The largest absolute Gasteiger partial charge is 0.324 e. The Labute approximate surface area is 155 Å². The number of hydrogen-bond donors (Lipinski definition) is 1. The maximum absolute atomic E-state index is 12.6. The van der Waals surface area contributed by atoms with Crippen LogP contribution < -0.4 is 5.32 Å². The number of nitriles is 1. The van der Waals surface area contributed by atoms with Gasteiger partial charge in [0.1, 0.15) is 0 Å². The highest BCUT2D eigenvalue weighted by Gasteiger charge is 2.37. The number of benzene rings is 2. The summed E-state index contributed by atoms with van der Waals surface area (Å²) in [5.41, 5.74) is 2.62. The molecule has 0 unspecified atom stereocenters. The van der Waals surface area contributed by atoms with Gasteiger partial charge in [0.05, 0.1) is 11.5 Å². The van der Waals surface area contributed by atoms with Gasteiger partial charge in [-0.05, 0) is 42.0 Å². The second kappa shape index (κ2) is 7.61. The van der Waals surface area contributed by atoms with Crippen LogP contribution in [-0.2, 0) is 5.41 Å². The summed E-state index contributed by atoms with van der Waals surface area (Å²) < 4.78 is 0. The molecule has 1 N–H and O–H groups in total. The predicted octanol–water partition coefficient (Wildman–Crippen LogP) is 4.90. The summed E-state index contributed by atoms with van der Waals surface area (Å²) in [5, 5.41) is 12.7. The highest BCUT2D eigenvalue weighted by Crippen LogP contribution is 2.35. The normalized spacial score (nSPS) is 16.2. The quantitative estimate of drug-likeness (QED) is 0.858. The van der Waals surface area contributed by atoms with Crippen molar-refractivity contribution < 1.29 is 4.79 Å². The Kier molecular flexibility index (Phi) is 5.27. The Balaban J connectivity index is 1.62. The van der Waals surface area contributed by atoms with Crippen LogP contribution in [0.5, 0.6) is 0 Å². The van der Waals surface area contributed by atoms with Crippen molar-refractivity contribution in [2.45, 2.75) is 38.0 Å². The number of carbonyl (C=O) groups excluding carboxylic acids is 1. The molecule has 0 spiro atoms. The standard InChI is InChI=1S/C22H25N3O/c1-17(2)18-8-10-20(11-9-18)24-21(26)25-14-12-22(16-23,13-15-25)19-6-4-3-5-7-19/h3-11,17H,12-15H2,1-2H3,(H,24,26). The second-order valence-electron chi connectivity index (χ2n) is 7.25. The molecule has 26 heavy (non-hydrogen) atoms. The van der Waals surface area contributed by atoms with Gasteiger partial charge in [0.15, 0.2) is 0 Å². The number of anilines is 1. The van der Waals surface area contributed by atoms with E-state index in [1.165, 1.54) is 5.56 Å². The average molecular weight is 347 g/mol. The van der Waals surface area contributed by atoms with Crippen LogP contribution in [0.2, 0.25) is 0 Å². The molecule has 134 valence electrons. The van der Waals surface area contributed by atoms with Gasteiger partial charge in [0.25, 0.3) is 0 Å². The van der Waals surface area contributed by atoms with E-state index in [1.54, 1.807) is 4.90 Å². The number of amides is 2. The molecule has 0 aliphatic carbocycles. The smallest absolute Gasteiger partial charge is 0.321 e. The fourth-order valence-corrected chi connectivity index (χ4v) is 3.47. The van der Waals surface area contributed by atoms with Crippen molar-refractivity contribution in [3.8, 4) is 6.07 Å². The first kappa shape index (κ1) is 18.0. The molecule has 1 saturated heterocycles. The van der Waals surface area contributed by atoms with E-state index in [9.17, 15) is 10.1 Å². The lowest BCUT2D eigenvalue weighted by Crippen LogP contribution is -2.46. The molecular formula is C22H25N3O. The van der Waals surface area contributed by atoms with Crippen LogP contribution in [0.1, 0.15) is 43.7 Å². The van der Waals surface area contributed by atoms with Crippen molar-refractivity contribution in [3.63, 3.8) is 0 Å². The van der Waals surface area contributed by atoms with Gasteiger partial charge in [-0.2, -0.15) is 5.26 Å². The van der Waals surface area contributed by atoms with Crippen LogP contribution in [0.15, 0.2) is 54.6 Å². The molecule has 1 fully saturated rings. The molecule has 0 aromatic heterocycles. The monoisotopic (exact) mass is 347 g/mol. The lowest BCUT2D eigenvalue weighted by Gasteiger charge is -2.37. The fourth-order valence-electron chi connectivity index (χ4n) is 3.47. The lowest BCUT2D eigenvalue weighted by atomic mass is 9.74. The molecule has 0 bridgehead atoms. The third-order valence-electron chi connectivity index (χ3n) is 5.27. The van der Waals surface area contributed by atoms with E-state index < -0.39 is 5.41 Å². The number of hydrogen-bond acceptors (Lipinski definition) is 2. The summed E-state index contributed by atoms with van der Waals surface area (Å²) in [6.07, 6.45) is 1.32. The van der Waals surface area contributed by atoms with Crippen molar-refractivity contribution in [2.24, 2.45) is 0 Å². The minimum absolute atomic E-state index is 0.0955. The van der Waals surface area contributed by atoms with E-state index >= 15 is 0 Å². The van der Waals surface area contributed by atoms with Gasteiger partial charge in [-0.25, -0.2) is 4.79 Å². The summed E-state index contributed by atoms with van der Waals surface area (Å²) in [7, 11) is 0. The fraction of sp³-hybridized carbons (Fsp3) is 0.364. The molecule has 4 nitrogen and oxygen atoms in total. The van der Waals surface area contributed by atoms with Crippen LogP contribution in [-0.4, -0.2) is 24.0 Å². The van der Waals surface area contributed by atoms with E-state index in [-0.39, 0.29) is 6.03 Å². The third-order valence-corrected chi connectivity index (χ3v) is 5.27. The molecule has 0 atom stereocenters. The van der Waals surface area contributed by atoms with E-state index in [1.807, 2.05) is 54.6 Å². The summed E-state index contributed by atoms with van der Waals surface area (Å²) in [6.45, 7) is 5.46. The van der Waals surface area contributed by atoms with Crippen LogP contribution in [0.25, 0.3) is 0 Å². The molecule has 1 aliphatic rings. The number of carbonyl (C=O) groups is 1. The van der Waals surface area contributed by atoms with Gasteiger partial charge in [0.2, 0.25) is 0 Å². The molecule has 3 rings (SSSR count). The Morgan fingerprint density at radius 2 is 1.69 bits per heavy atom.